The van der Waals surface area contributed by atoms with Gasteiger partial charge in [0.25, 0.3) is 5.91 Å². The second kappa shape index (κ2) is 7.02. The Balaban J connectivity index is 1.58. The minimum Gasteiger partial charge on any atom is -0.480 e. The van der Waals surface area contributed by atoms with Crippen LogP contribution in [-0.4, -0.2) is 41.7 Å². The normalized spacial score (nSPS) is 22.9. The summed E-state index contributed by atoms with van der Waals surface area (Å²) in [5.41, 5.74) is 1.45. The molecule has 156 valence electrons. The zero-order chi connectivity index (χ0) is 21.0. The van der Waals surface area contributed by atoms with Gasteiger partial charge in [0, 0.05) is 22.9 Å². The first-order valence-corrected chi connectivity index (χ1v) is 11.8. The molecule has 1 fully saturated rings. The van der Waals surface area contributed by atoms with Crippen LogP contribution in [0.15, 0.2) is 24.3 Å². The Hall–Kier alpha value is -2.06. The molecular weight excluding hydrogens is 414 g/mol. The standard InChI is InChI=1S/C20H24ClN3O4S/c1-20(2,3)17-10-18(24(23-17)14-6-7-29(26,27)11-14)22-19(25)16-9-12-8-13(21)4-5-15(12)28-16/h4-5,8,10,14,16H,6-7,9,11H2,1-3H3,(H,22,25)/t14-,16-/m0/s1. The Morgan fingerprint density at radius 1 is 1.31 bits per heavy atom. The van der Waals surface area contributed by atoms with Crippen LogP contribution in [0.3, 0.4) is 0 Å². The minimum absolute atomic E-state index is 0.0327. The topological polar surface area (TPSA) is 90.3 Å². The lowest BCUT2D eigenvalue weighted by Gasteiger charge is -2.16. The lowest BCUT2D eigenvalue weighted by molar-refractivity contribution is -0.122. The van der Waals surface area contributed by atoms with Gasteiger partial charge in [-0.25, -0.2) is 13.1 Å². The van der Waals surface area contributed by atoms with Crippen molar-refractivity contribution in [2.45, 2.75) is 51.2 Å². The van der Waals surface area contributed by atoms with E-state index in [-0.39, 0.29) is 28.9 Å². The van der Waals surface area contributed by atoms with E-state index in [9.17, 15) is 13.2 Å². The number of anilines is 1. The molecule has 29 heavy (non-hydrogen) atoms. The Labute approximate surface area is 175 Å². The quantitative estimate of drug-likeness (QED) is 0.796. The third-order valence-electron chi connectivity index (χ3n) is 5.30. The number of hydrogen-bond acceptors (Lipinski definition) is 5. The molecule has 1 saturated heterocycles. The van der Waals surface area contributed by atoms with E-state index in [0.717, 1.165) is 11.3 Å². The summed E-state index contributed by atoms with van der Waals surface area (Å²) in [7, 11) is -3.08. The summed E-state index contributed by atoms with van der Waals surface area (Å²) in [6.45, 7) is 6.07. The highest BCUT2D eigenvalue weighted by atomic mass is 35.5. The first kappa shape index (κ1) is 20.2. The number of carbonyl (C=O) groups is 1. The van der Waals surface area contributed by atoms with Crippen molar-refractivity contribution in [3.05, 3.63) is 40.5 Å². The van der Waals surface area contributed by atoms with Crippen molar-refractivity contribution in [3.63, 3.8) is 0 Å². The predicted octanol–water partition coefficient (Wildman–Crippen LogP) is 3.14. The van der Waals surface area contributed by atoms with E-state index >= 15 is 0 Å². The van der Waals surface area contributed by atoms with Crippen LogP contribution in [-0.2, 0) is 26.5 Å². The molecule has 0 aliphatic carbocycles. The lowest BCUT2D eigenvalue weighted by Crippen LogP contribution is -2.32. The van der Waals surface area contributed by atoms with E-state index < -0.39 is 15.9 Å². The van der Waals surface area contributed by atoms with Crippen LogP contribution in [0.1, 0.15) is 44.5 Å². The maximum atomic E-state index is 12.9. The molecule has 1 amide bonds. The van der Waals surface area contributed by atoms with Gasteiger partial charge in [0.15, 0.2) is 15.9 Å². The molecule has 9 heteroatoms. The van der Waals surface area contributed by atoms with Crippen molar-refractivity contribution in [1.29, 1.82) is 0 Å². The van der Waals surface area contributed by atoms with Crippen molar-refractivity contribution < 1.29 is 17.9 Å². The van der Waals surface area contributed by atoms with Crippen LogP contribution < -0.4 is 10.1 Å². The van der Waals surface area contributed by atoms with Gasteiger partial charge in [-0.15, -0.1) is 0 Å². The number of nitrogens with zero attached hydrogens (tertiary/aromatic N) is 2. The molecule has 3 heterocycles. The number of halogens is 1. The third-order valence-corrected chi connectivity index (χ3v) is 7.28. The van der Waals surface area contributed by atoms with Gasteiger partial charge >= 0.3 is 0 Å². The van der Waals surface area contributed by atoms with Crippen molar-refractivity contribution >= 4 is 33.2 Å². The zero-order valence-corrected chi connectivity index (χ0v) is 18.2. The molecule has 0 saturated carbocycles. The van der Waals surface area contributed by atoms with Crippen LogP contribution >= 0.6 is 11.6 Å². The van der Waals surface area contributed by atoms with Gasteiger partial charge in [0.1, 0.15) is 11.6 Å². The molecule has 7 nitrogen and oxygen atoms in total. The summed E-state index contributed by atoms with van der Waals surface area (Å²) in [4.78, 5) is 12.9. The number of hydrogen-bond donors (Lipinski definition) is 1. The smallest absolute Gasteiger partial charge is 0.266 e. The fourth-order valence-corrected chi connectivity index (χ4v) is 5.56. The molecule has 2 atom stereocenters. The summed E-state index contributed by atoms with van der Waals surface area (Å²) < 4.78 is 31.3. The minimum atomic E-state index is -3.08. The van der Waals surface area contributed by atoms with Crippen molar-refractivity contribution in [2.24, 2.45) is 0 Å². The predicted molar refractivity (Wildman–Crippen MR) is 111 cm³/mol. The van der Waals surface area contributed by atoms with E-state index in [4.69, 9.17) is 16.3 Å². The molecule has 2 aliphatic rings. The molecule has 1 aromatic heterocycles. The molecule has 0 spiro atoms. The van der Waals surface area contributed by atoms with Crippen molar-refractivity contribution in [1.82, 2.24) is 9.78 Å². The second-order valence-corrected chi connectivity index (χ2v) is 11.4. The summed E-state index contributed by atoms with van der Waals surface area (Å²) in [5.74, 6) is 1.03. The van der Waals surface area contributed by atoms with E-state index in [0.29, 0.717) is 29.4 Å². The van der Waals surface area contributed by atoms with Gasteiger partial charge in [-0.3, -0.25) is 4.79 Å². The number of aromatic nitrogens is 2. The molecule has 4 rings (SSSR count). The molecule has 2 aliphatic heterocycles. The van der Waals surface area contributed by atoms with E-state index in [1.54, 1.807) is 22.9 Å². The Bertz CT molecular complexity index is 1070. The molecule has 1 N–H and O–H groups in total. The van der Waals surface area contributed by atoms with Crippen molar-refractivity contribution in [3.8, 4) is 5.75 Å². The number of carbonyl (C=O) groups excluding carboxylic acids is 1. The number of ether oxygens (including phenoxy) is 1. The first-order valence-electron chi connectivity index (χ1n) is 9.58. The summed E-state index contributed by atoms with van der Waals surface area (Å²) in [6, 6.07) is 6.83. The number of fused-ring (bicyclic) bond motifs is 1. The van der Waals surface area contributed by atoms with Crippen LogP contribution in [0.5, 0.6) is 5.75 Å². The van der Waals surface area contributed by atoms with Crippen molar-refractivity contribution in [2.75, 3.05) is 16.8 Å². The Kier molecular flexibility index (Phi) is 4.90. The van der Waals surface area contributed by atoms with Gasteiger partial charge in [0.05, 0.1) is 23.2 Å². The highest BCUT2D eigenvalue weighted by Crippen LogP contribution is 2.33. The number of benzene rings is 1. The second-order valence-electron chi connectivity index (χ2n) is 8.72. The molecule has 0 unspecified atom stereocenters. The summed E-state index contributed by atoms with van der Waals surface area (Å²) in [5, 5.41) is 8.15. The number of nitrogens with one attached hydrogen (secondary N) is 1. The largest absolute Gasteiger partial charge is 0.480 e. The van der Waals surface area contributed by atoms with Crippen LogP contribution in [0.4, 0.5) is 5.82 Å². The fraction of sp³-hybridized carbons (Fsp3) is 0.500. The van der Waals surface area contributed by atoms with Gasteiger partial charge in [-0.1, -0.05) is 32.4 Å². The zero-order valence-electron chi connectivity index (χ0n) is 16.6. The molecule has 2 aromatic rings. The number of sulfone groups is 1. The van der Waals surface area contributed by atoms with Gasteiger partial charge in [0.2, 0.25) is 0 Å². The highest BCUT2D eigenvalue weighted by molar-refractivity contribution is 7.91. The van der Waals surface area contributed by atoms with Crippen LogP contribution in [0.2, 0.25) is 5.02 Å². The first-order chi connectivity index (χ1) is 13.5. The number of rotatable bonds is 3. The fourth-order valence-electron chi connectivity index (χ4n) is 3.67. The monoisotopic (exact) mass is 437 g/mol. The van der Waals surface area contributed by atoms with E-state index in [1.807, 2.05) is 26.8 Å². The Morgan fingerprint density at radius 3 is 2.72 bits per heavy atom. The molecule has 1 aromatic carbocycles. The average molecular weight is 438 g/mol. The average Bonchev–Trinajstić information content (AvgIpc) is 3.30. The lowest BCUT2D eigenvalue weighted by atomic mass is 9.92. The highest BCUT2D eigenvalue weighted by Gasteiger charge is 2.34. The SMILES string of the molecule is CC(C)(C)c1cc(NC(=O)[C@@H]2Cc3cc(Cl)ccc3O2)n([C@H]2CCS(=O)(=O)C2)n1. The summed E-state index contributed by atoms with van der Waals surface area (Å²) >= 11 is 6.03. The maximum absolute atomic E-state index is 12.9. The van der Waals surface area contributed by atoms with Gasteiger partial charge in [-0.2, -0.15) is 5.10 Å². The van der Waals surface area contributed by atoms with Crippen LogP contribution in [0.25, 0.3) is 0 Å². The summed E-state index contributed by atoms with van der Waals surface area (Å²) in [6.07, 6.45) is 0.248. The Morgan fingerprint density at radius 2 is 2.07 bits per heavy atom. The third kappa shape index (κ3) is 4.14. The van der Waals surface area contributed by atoms with E-state index in [1.165, 1.54) is 0 Å². The molecule has 0 bridgehead atoms. The maximum Gasteiger partial charge on any atom is 0.266 e. The van der Waals surface area contributed by atoms with Gasteiger partial charge < -0.3 is 10.1 Å². The van der Waals surface area contributed by atoms with Crippen LogP contribution in [0, 0.1) is 0 Å². The van der Waals surface area contributed by atoms with Gasteiger partial charge in [-0.05, 0) is 30.2 Å². The number of amides is 1. The molecule has 0 radical (unpaired) electrons. The van der Waals surface area contributed by atoms with E-state index in [2.05, 4.69) is 10.4 Å². The molecular formula is C20H24ClN3O4S.